The van der Waals surface area contributed by atoms with E-state index in [1.54, 1.807) is 12.1 Å². The lowest BCUT2D eigenvalue weighted by Gasteiger charge is -2.17. The molecule has 3 rings (SSSR count). The SMILES string of the molecule is COc1cc2c(cc1OC)C(NC(=O)C(F)(F)F)/C(=C\c1ccncc1)C2=O. The predicted octanol–water partition coefficient (Wildman–Crippen LogP) is 3.10. The van der Waals surface area contributed by atoms with Gasteiger partial charge in [0.2, 0.25) is 0 Å². The maximum atomic E-state index is 12.9. The van der Waals surface area contributed by atoms with Crippen molar-refractivity contribution in [2.75, 3.05) is 14.2 Å². The van der Waals surface area contributed by atoms with Crippen molar-refractivity contribution in [1.29, 1.82) is 0 Å². The number of aromatic nitrogens is 1. The molecule has 28 heavy (non-hydrogen) atoms. The van der Waals surface area contributed by atoms with Crippen molar-refractivity contribution in [3.8, 4) is 11.5 Å². The minimum atomic E-state index is -5.09. The maximum Gasteiger partial charge on any atom is 0.471 e. The van der Waals surface area contributed by atoms with Gasteiger partial charge >= 0.3 is 12.1 Å². The minimum Gasteiger partial charge on any atom is -0.493 e. The molecule has 1 amide bonds. The normalized spacial score (nSPS) is 17.4. The van der Waals surface area contributed by atoms with Crippen molar-refractivity contribution in [2.24, 2.45) is 0 Å². The van der Waals surface area contributed by atoms with E-state index in [1.165, 1.54) is 44.8 Å². The van der Waals surface area contributed by atoms with Gasteiger partial charge in [-0.3, -0.25) is 14.6 Å². The fourth-order valence-corrected chi connectivity index (χ4v) is 2.94. The van der Waals surface area contributed by atoms with Crippen LogP contribution in [0, 0.1) is 0 Å². The van der Waals surface area contributed by atoms with Crippen LogP contribution in [-0.2, 0) is 4.79 Å². The second-order valence-electron chi connectivity index (χ2n) is 5.91. The molecule has 1 N–H and O–H groups in total. The van der Waals surface area contributed by atoms with E-state index in [0.29, 0.717) is 5.56 Å². The van der Waals surface area contributed by atoms with E-state index in [4.69, 9.17) is 9.47 Å². The number of hydrogen-bond acceptors (Lipinski definition) is 5. The van der Waals surface area contributed by atoms with Crippen molar-refractivity contribution in [3.63, 3.8) is 0 Å². The number of alkyl halides is 3. The molecule has 146 valence electrons. The molecule has 1 aromatic carbocycles. The van der Waals surface area contributed by atoms with Crippen LogP contribution in [0.15, 0.2) is 42.2 Å². The Labute approximate surface area is 158 Å². The summed E-state index contributed by atoms with van der Waals surface area (Å²) >= 11 is 0. The molecule has 1 aromatic heterocycles. The first-order chi connectivity index (χ1) is 13.3. The molecule has 0 spiro atoms. The van der Waals surface area contributed by atoms with E-state index in [0.717, 1.165) is 0 Å². The number of carbonyl (C=O) groups is 2. The molecule has 1 heterocycles. The second-order valence-corrected chi connectivity index (χ2v) is 5.91. The van der Waals surface area contributed by atoms with Gasteiger partial charge in [-0.1, -0.05) is 0 Å². The quantitative estimate of drug-likeness (QED) is 0.810. The molecule has 0 bridgehead atoms. The third-order valence-corrected chi connectivity index (χ3v) is 4.25. The Morgan fingerprint density at radius 2 is 1.75 bits per heavy atom. The highest BCUT2D eigenvalue weighted by atomic mass is 19.4. The monoisotopic (exact) mass is 392 g/mol. The number of benzene rings is 1. The van der Waals surface area contributed by atoms with Crippen LogP contribution in [0.3, 0.4) is 0 Å². The van der Waals surface area contributed by atoms with Crippen LogP contribution < -0.4 is 14.8 Å². The van der Waals surface area contributed by atoms with Gasteiger partial charge in [-0.25, -0.2) is 0 Å². The number of ketones is 1. The number of nitrogens with one attached hydrogen (secondary N) is 1. The van der Waals surface area contributed by atoms with Gasteiger partial charge in [0.1, 0.15) is 0 Å². The molecular formula is C19H15F3N2O4. The van der Waals surface area contributed by atoms with Gasteiger partial charge in [-0.05, 0) is 41.5 Å². The van der Waals surface area contributed by atoms with E-state index in [2.05, 4.69) is 4.98 Å². The van der Waals surface area contributed by atoms with Gasteiger partial charge < -0.3 is 14.8 Å². The summed E-state index contributed by atoms with van der Waals surface area (Å²) in [6.45, 7) is 0. The number of halogens is 3. The fourth-order valence-electron chi connectivity index (χ4n) is 2.94. The lowest BCUT2D eigenvalue weighted by atomic mass is 10.0. The van der Waals surface area contributed by atoms with E-state index in [9.17, 15) is 22.8 Å². The topological polar surface area (TPSA) is 77.5 Å². The maximum absolute atomic E-state index is 12.9. The van der Waals surface area contributed by atoms with Crippen LogP contribution in [0.5, 0.6) is 11.5 Å². The van der Waals surface area contributed by atoms with Crippen LogP contribution in [0.4, 0.5) is 13.2 Å². The van der Waals surface area contributed by atoms with Crippen molar-refractivity contribution in [1.82, 2.24) is 10.3 Å². The van der Waals surface area contributed by atoms with Crippen LogP contribution >= 0.6 is 0 Å². The lowest BCUT2D eigenvalue weighted by Crippen LogP contribution is -2.39. The molecule has 9 heteroatoms. The molecule has 1 unspecified atom stereocenters. The molecule has 0 saturated heterocycles. The third-order valence-electron chi connectivity index (χ3n) is 4.25. The average molecular weight is 392 g/mol. The zero-order chi connectivity index (χ0) is 20.5. The summed E-state index contributed by atoms with van der Waals surface area (Å²) in [7, 11) is 2.73. The molecule has 1 aliphatic rings. The molecule has 1 atom stereocenters. The average Bonchev–Trinajstić information content (AvgIpc) is 2.92. The first-order valence-electron chi connectivity index (χ1n) is 8.06. The summed E-state index contributed by atoms with van der Waals surface area (Å²) in [6, 6.07) is 4.67. The summed E-state index contributed by atoms with van der Waals surface area (Å²) in [5.74, 6) is -2.18. The van der Waals surface area contributed by atoms with Crippen LogP contribution in [0.25, 0.3) is 6.08 Å². The number of methoxy groups -OCH3 is 2. The first-order valence-corrected chi connectivity index (χ1v) is 8.06. The van der Waals surface area contributed by atoms with E-state index >= 15 is 0 Å². The molecule has 0 radical (unpaired) electrons. The van der Waals surface area contributed by atoms with Crippen molar-refractivity contribution >= 4 is 17.8 Å². The summed E-state index contributed by atoms with van der Waals surface area (Å²) in [5.41, 5.74) is 0.872. The lowest BCUT2D eigenvalue weighted by molar-refractivity contribution is -0.174. The highest BCUT2D eigenvalue weighted by Crippen LogP contribution is 2.43. The Morgan fingerprint density at radius 1 is 1.14 bits per heavy atom. The number of amides is 1. The largest absolute Gasteiger partial charge is 0.493 e. The third kappa shape index (κ3) is 3.55. The minimum absolute atomic E-state index is 0.00546. The highest BCUT2D eigenvalue weighted by Gasteiger charge is 2.44. The molecule has 0 fully saturated rings. The Balaban J connectivity index is 2.14. The fraction of sp³-hybridized carbons (Fsp3) is 0.211. The second kappa shape index (κ2) is 7.34. The van der Waals surface area contributed by atoms with E-state index in [-0.39, 0.29) is 28.2 Å². The Hall–Kier alpha value is -3.36. The zero-order valence-electron chi connectivity index (χ0n) is 14.8. The number of ether oxygens (including phenoxy) is 2. The predicted molar refractivity (Wildman–Crippen MR) is 93.0 cm³/mol. The van der Waals surface area contributed by atoms with Crippen LogP contribution in [0.1, 0.15) is 27.5 Å². The first kappa shape index (κ1) is 19.4. The zero-order valence-corrected chi connectivity index (χ0v) is 14.8. The number of carbonyl (C=O) groups excluding carboxylic acids is 2. The van der Waals surface area contributed by atoms with Gasteiger partial charge in [-0.15, -0.1) is 0 Å². The molecule has 0 saturated carbocycles. The molecule has 1 aliphatic carbocycles. The summed E-state index contributed by atoms with van der Waals surface area (Å²) in [6.07, 6.45) is -0.711. The molecule has 0 aliphatic heterocycles. The summed E-state index contributed by atoms with van der Waals surface area (Å²) < 4.78 is 48.8. The van der Waals surface area contributed by atoms with Crippen molar-refractivity contribution in [2.45, 2.75) is 12.2 Å². The number of rotatable bonds is 4. The number of fused-ring (bicyclic) bond motifs is 1. The molecular weight excluding hydrogens is 377 g/mol. The molecule has 6 nitrogen and oxygen atoms in total. The summed E-state index contributed by atoms with van der Waals surface area (Å²) in [5, 5.41) is 1.90. The van der Waals surface area contributed by atoms with Crippen molar-refractivity contribution < 1.29 is 32.2 Å². The van der Waals surface area contributed by atoms with Gasteiger partial charge in [0.15, 0.2) is 17.3 Å². The number of Topliss-reactive ketones (excluding diaryl/α,β-unsaturated/α-hetero) is 1. The smallest absolute Gasteiger partial charge is 0.471 e. The van der Waals surface area contributed by atoms with Gasteiger partial charge in [0.05, 0.1) is 20.3 Å². The standard InChI is InChI=1S/C19H15F3N2O4/c1-27-14-8-11-12(9-15(14)28-2)17(25)13(7-10-3-5-23-6-4-10)16(11)24-18(26)19(20,21)22/h3-9,16H,1-2H3,(H,24,26)/b13-7+. The Bertz CT molecular complexity index is 956. The Morgan fingerprint density at radius 3 is 2.32 bits per heavy atom. The van der Waals surface area contributed by atoms with Crippen LogP contribution in [-0.4, -0.2) is 37.1 Å². The molecule has 2 aromatic rings. The van der Waals surface area contributed by atoms with Crippen molar-refractivity contribution in [3.05, 3.63) is 58.9 Å². The number of nitrogens with zero attached hydrogens (tertiary/aromatic N) is 1. The highest BCUT2D eigenvalue weighted by molar-refractivity contribution is 6.17. The van der Waals surface area contributed by atoms with E-state index < -0.39 is 23.9 Å². The van der Waals surface area contributed by atoms with Gasteiger partial charge in [0.25, 0.3) is 0 Å². The Kier molecular flexibility index (Phi) is 5.08. The van der Waals surface area contributed by atoms with Gasteiger partial charge in [0, 0.05) is 23.5 Å². The van der Waals surface area contributed by atoms with E-state index in [1.807, 2.05) is 5.32 Å². The summed E-state index contributed by atoms with van der Waals surface area (Å²) in [4.78, 5) is 28.3. The number of pyridine rings is 1. The van der Waals surface area contributed by atoms with Gasteiger partial charge in [-0.2, -0.15) is 13.2 Å². The van der Waals surface area contributed by atoms with Crippen LogP contribution in [0.2, 0.25) is 0 Å². The number of hydrogen-bond donors (Lipinski definition) is 1.